The second-order valence-corrected chi connectivity index (χ2v) is 5.98. The van der Waals surface area contributed by atoms with Crippen molar-refractivity contribution in [2.45, 2.75) is 6.92 Å². The number of para-hydroxylation sites is 1. The van der Waals surface area contributed by atoms with Crippen molar-refractivity contribution in [3.05, 3.63) is 59.7 Å². The summed E-state index contributed by atoms with van der Waals surface area (Å²) in [6.45, 7) is 1.67. The first kappa shape index (κ1) is 19.9. The predicted octanol–water partition coefficient (Wildman–Crippen LogP) is 2.10. The third-order valence-electron chi connectivity index (χ3n) is 4.06. The molecule has 2 amide bonds. The van der Waals surface area contributed by atoms with E-state index >= 15 is 0 Å². The van der Waals surface area contributed by atoms with Gasteiger partial charge in [-0.05, 0) is 42.8 Å². The Hall–Kier alpha value is -3.81. The number of hydrogen-bond donors (Lipinski definition) is 1. The molecule has 8 heteroatoms. The molecule has 1 aliphatic heterocycles. The Kier molecular flexibility index (Phi) is 6.13. The first-order valence-electron chi connectivity index (χ1n) is 8.92. The number of hydrogen-bond acceptors (Lipinski definition) is 6. The van der Waals surface area contributed by atoms with Crippen LogP contribution in [-0.4, -0.2) is 38.1 Å². The Bertz CT molecular complexity index is 955. The molecule has 1 heterocycles. The van der Waals surface area contributed by atoms with Crippen LogP contribution in [-0.2, 0) is 19.1 Å². The van der Waals surface area contributed by atoms with Crippen molar-refractivity contribution in [3.8, 4) is 11.5 Å². The van der Waals surface area contributed by atoms with Gasteiger partial charge >= 0.3 is 5.97 Å². The summed E-state index contributed by atoms with van der Waals surface area (Å²) in [5, 5.41) is 1.19. The van der Waals surface area contributed by atoms with Crippen molar-refractivity contribution in [1.29, 1.82) is 0 Å². The number of benzene rings is 2. The fraction of sp³-hybridized carbons (Fsp3) is 0.190. The van der Waals surface area contributed by atoms with E-state index in [1.165, 1.54) is 18.2 Å². The average Bonchev–Trinajstić information content (AvgIpc) is 3.01. The maximum absolute atomic E-state index is 12.7. The molecule has 150 valence electrons. The number of ether oxygens (including phenoxy) is 3. The minimum absolute atomic E-state index is 0.0182. The van der Waals surface area contributed by atoms with E-state index in [4.69, 9.17) is 14.2 Å². The quantitative estimate of drug-likeness (QED) is 0.438. The first-order chi connectivity index (χ1) is 14.0. The van der Waals surface area contributed by atoms with E-state index in [0.29, 0.717) is 22.7 Å². The number of amides is 2. The number of nitrogens with one attached hydrogen (secondary N) is 1. The van der Waals surface area contributed by atoms with Crippen LogP contribution in [0.5, 0.6) is 11.5 Å². The lowest BCUT2D eigenvalue weighted by atomic mass is 10.1. The Balaban J connectivity index is 1.84. The van der Waals surface area contributed by atoms with Gasteiger partial charge in [0.05, 0.1) is 19.4 Å². The third-order valence-corrected chi connectivity index (χ3v) is 4.06. The highest BCUT2D eigenvalue weighted by atomic mass is 16.6. The second-order valence-electron chi connectivity index (χ2n) is 5.98. The summed E-state index contributed by atoms with van der Waals surface area (Å²) >= 11 is 0. The summed E-state index contributed by atoms with van der Waals surface area (Å²) < 4.78 is 15.5. The summed E-state index contributed by atoms with van der Waals surface area (Å²) in [6.07, 6.45) is 1.46. The van der Waals surface area contributed by atoms with Gasteiger partial charge in [0.15, 0.2) is 18.1 Å². The zero-order valence-corrected chi connectivity index (χ0v) is 16.0. The number of hydrazine groups is 1. The van der Waals surface area contributed by atoms with Crippen LogP contribution in [0, 0.1) is 0 Å². The monoisotopic (exact) mass is 396 g/mol. The second kappa shape index (κ2) is 8.92. The number of rotatable bonds is 7. The summed E-state index contributed by atoms with van der Waals surface area (Å²) in [5.41, 5.74) is 3.62. The highest BCUT2D eigenvalue weighted by Gasteiger charge is 2.34. The Morgan fingerprint density at radius 3 is 2.55 bits per heavy atom. The van der Waals surface area contributed by atoms with Crippen LogP contribution in [0.15, 0.2) is 54.1 Å². The van der Waals surface area contributed by atoms with E-state index in [-0.39, 0.29) is 18.8 Å². The molecule has 0 radical (unpaired) electrons. The number of carbonyl (C=O) groups is 3. The molecule has 1 fully saturated rings. The van der Waals surface area contributed by atoms with Gasteiger partial charge in [0.2, 0.25) is 0 Å². The molecule has 2 aromatic rings. The highest BCUT2D eigenvalue weighted by Crippen LogP contribution is 2.30. The predicted molar refractivity (Wildman–Crippen MR) is 105 cm³/mol. The van der Waals surface area contributed by atoms with Gasteiger partial charge in [-0.1, -0.05) is 24.3 Å². The van der Waals surface area contributed by atoms with Crippen LogP contribution in [0.4, 0.5) is 5.69 Å². The van der Waals surface area contributed by atoms with Gasteiger partial charge < -0.3 is 14.2 Å². The lowest BCUT2D eigenvalue weighted by Crippen LogP contribution is -2.35. The molecule has 0 aromatic heterocycles. The van der Waals surface area contributed by atoms with E-state index in [0.717, 1.165) is 0 Å². The molecule has 0 saturated carbocycles. The molecule has 0 spiro atoms. The molecule has 0 aliphatic carbocycles. The number of carbonyl (C=O) groups excluding carboxylic acids is 3. The fourth-order valence-electron chi connectivity index (χ4n) is 2.72. The van der Waals surface area contributed by atoms with Crippen LogP contribution in [0.2, 0.25) is 0 Å². The molecule has 29 heavy (non-hydrogen) atoms. The van der Waals surface area contributed by atoms with Crippen molar-refractivity contribution in [2.24, 2.45) is 0 Å². The average molecular weight is 396 g/mol. The van der Waals surface area contributed by atoms with Gasteiger partial charge in [0.25, 0.3) is 11.8 Å². The van der Waals surface area contributed by atoms with E-state index < -0.39 is 17.8 Å². The standard InChI is InChI=1S/C21H20N2O6/c1-3-28-19(24)13-29-18-12-14(9-10-17(18)27-2)11-16-20(25)22-23(21(16)26)15-7-5-4-6-8-15/h4-12H,3,13H2,1-2H3,(H,22,25)/b16-11+. The largest absolute Gasteiger partial charge is 0.493 e. The Labute approximate surface area is 167 Å². The van der Waals surface area contributed by atoms with Crippen LogP contribution in [0.25, 0.3) is 6.08 Å². The van der Waals surface area contributed by atoms with Crippen molar-refractivity contribution in [3.63, 3.8) is 0 Å². The van der Waals surface area contributed by atoms with Crippen molar-refractivity contribution in [1.82, 2.24) is 5.43 Å². The van der Waals surface area contributed by atoms with Crippen LogP contribution >= 0.6 is 0 Å². The molecule has 8 nitrogen and oxygen atoms in total. The number of nitrogens with zero attached hydrogens (tertiary/aromatic N) is 1. The molecular formula is C21H20N2O6. The van der Waals surface area contributed by atoms with E-state index in [2.05, 4.69) is 5.43 Å². The molecular weight excluding hydrogens is 376 g/mol. The molecule has 2 aromatic carbocycles. The molecule has 0 atom stereocenters. The first-order valence-corrected chi connectivity index (χ1v) is 8.92. The van der Waals surface area contributed by atoms with E-state index in [1.54, 1.807) is 49.4 Å². The maximum atomic E-state index is 12.7. The fourth-order valence-corrected chi connectivity index (χ4v) is 2.72. The summed E-state index contributed by atoms with van der Waals surface area (Å²) in [5.74, 6) is -0.790. The summed E-state index contributed by atoms with van der Waals surface area (Å²) in [6, 6.07) is 13.7. The highest BCUT2D eigenvalue weighted by molar-refractivity contribution is 6.31. The normalized spacial score (nSPS) is 14.7. The Morgan fingerprint density at radius 1 is 1.10 bits per heavy atom. The Morgan fingerprint density at radius 2 is 1.86 bits per heavy atom. The van der Waals surface area contributed by atoms with Crippen LogP contribution in [0.1, 0.15) is 12.5 Å². The van der Waals surface area contributed by atoms with Gasteiger partial charge in [-0.15, -0.1) is 0 Å². The van der Waals surface area contributed by atoms with Crippen LogP contribution in [0.3, 0.4) is 0 Å². The maximum Gasteiger partial charge on any atom is 0.344 e. The summed E-state index contributed by atoms with van der Waals surface area (Å²) in [4.78, 5) is 36.5. The van der Waals surface area contributed by atoms with E-state index in [9.17, 15) is 14.4 Å². The topological polar surface area (TPSA) is 94.2 Å². The SMILES string of the molecule is CCOC(=O)COc1cc(/C=C2\C(=O)NN(c3ccccc3)C2=O)ccc1OC. The smallest absolute Gasteiger partial charge is 0.344 e. The summed E-state index contributed by atoms with van der Waals surface area (Å²) in [7, 11) is 1.47. The minimum atomic E-state index is -0.512. The number of esters is 1. The van der Waals surface area contributed by atoms with Gasteiger partial charge in [-0.25, -0.2) is 9.80 Å². The van der Waals surface area contributed by atoms with Gasteiger partial charge in [-0.2, -0.15) is 0 Å². The van der Waals surface area contributed by atoms with Crippen molar-refractivity contribution < 1.29 is 28.6 Å². The zero-order valence-electron chi connectivity index (χ0n) is 16.0. The molecule has 3 rings (SSSR count). The van der Waals surface area contributed by atoms with Crippen LogP contribution < -0.4 is 19.9 Å². The van der Waals surface area contributed by atoms with Gasteiger partial charge in [0, 0.05) is 0 Å². The minimum Gasteiger partial charge on any atom is -0.493 e. The molecule has 1 aliphatic rings. The van der Waals surface area contributed by atoms with Crippen molar-refractivity contribution in [2.75, 3.05) is 25.3 Å². The lowest BCUT2D eigenvalue weighted by Gasteiger charge is -2.14. The number of methoxy groups -OCH3 is 1. The zero-order chi connectivity index (χ0) is 20.8. The van der Waals surface area contributed by atoms with Gasteiger partial charge in [-0.3, -0.25) is 15.0 Å². The molecule has 0 unspecified atom stereocenters. The number of anilines is 1. The molecule has 1 saturated heterocycles. The van der Waals surface area contributed by atoms with Gasteiger partial charge in [0.1, 0.15) is 5.57 Å². The van der Waals surface area contributed by atoms with E-state index in [1.807, 2.05) is 6.07 Å². The molecule has 1 N–H and O–H groups in total. The van der Waals surface area contributed by atoms with Crippen molar-refractivity contribution >= 4 is 29.5 Å². The lowest BCUT2D eigenvalue weighted by molar-refractivity contribution is -0.145. The molecule has 0 bridgehead atoms. The third kappa shape index (κ3) is 4.55.